The van der Waals surface area contributed by atoms with E-state index < -0.39 is 0 Å². The van der Waals surface area contributed by atoms with Gasteiger partial charge in [-0.2, -0.15) is 0 Å². The maximum absolute atomic E-state index is 13.6. The molecule has 1 atom stereocenters. The second kappa shape index (κ2) is 10.4. The Morgan fingerprint density at radius 1 is 1.21 bits per heavy atom. The van der Waals surface area contributed by atoms with Crippen LogP contribution >= 0.6 is 11.3 Å². The minimum Gasteiger partial charge on any atom is -0.497 e. The van der Waals surface area contributed by atoms with Crippen molar-refractivity contribution in [3.63, 3.8) is 0 Å². The third kappa shape index (κ3) is 5.29. The van der Waals surface area contributed by atoms with Crippen LogP contribution in [0.3, 0.4) is 0 Å². The maximum atomic E-state index is 13.6. The maximum Gasteiger partial charge on any atom is 0.277 e. The zero-order chi connectivity index (χ0) is 23.2. The molecule has 0 aliphatic carbocycles. The number of aromatic nitrogens is 1. The van der Waals surface area contributed by atoms with E-state index in [9.17, 15) is 4.79 Å². The van der Waals surface area contributed by atoms with Gasteiger partial charge in [-0.15, -0.1) is 17.8 Å². The van der Waals surface area contributed by atoms with E-state index in [0.717, 1.165) is 25.9 Å². The molecule has 1 aliphatic rings. The van der Waals surface area contributed by atoms with Crippen LogP contribution in [0.15, 0.2) is 53.9 Å². The summed E-state index contributed by atoms with van der Waals surface area (Å²) in [4.78, 5) is 22.1. The normalized spacial score (nSPS) is 15.5. The standard InChI is InChI=1S/C26H27N3O3S/c1-4-25-27-24(18-33-25)26(30)29(21-13-22(31-2)15-23(14-21)32-3)17-19-9-8-12-28(16-19)20-10-6-5-7-11-20/h1,5-7,10-11,13-15,18-19H,8-9,12,16-17H2,2-3H3/t19-/m1/s1. The average molecular weight is 462 g/mol. The molecule has 2 heterocycles. The van der Waals surface area contributed by atoms with Crippen molar-refractivity contribution >= 4 is 28.6 Å². The fourth-order valence-electron chi connectivity index (χ4n) is 4.18. The number of nitrogens with zero attached hydrogens (tertiary/aromatic N) is 3. The highest BCUT2D eigenvalue weighted by Crippen LogP contribution is 2.32. The van der Waals surface area contributed by atoms with Crippen molar-refractivity contribution < 1.29 is 14.3 Å². The summed E-state index contributed by atoms with van der Waals surface area (Å²) in [5.74, 6) is 3.88. The van der Waals surface area contributed by atoms with E-state index in [0.29, 0.717) is 40.4 Å². The number of thiazole rings is 1. The third-order valence-corrected chi connectivity index (χ3v) is 6.59. The number of hydrogen-bond donors (Lipinski definition) is 0. The fraction of sp³-hybridized carbons (Fsp3) is 0.308. The van der Waals surface area contributed by atoms with Gasteiger partial charge in [0.25, 0.3) is 5.91 Å². The summed E-state index contributed by atoms with van der Waals surface area (Å²) < 4.78 is 10.9. The molecule has 33 heavy (non-hydrogen) atoms. The number of carbonyl (C=O) groups is 1. The fourth-order valence-corrected chi connectivity index (χ4v) is 4.77. The predicted molar refractivity (Wildman–Crippen MR) is 133 cm³/mol. The van der Waals surface area contributed by atoms with Crippen molar-refractivity contribution in [2.24, 2.45) is 5.92 Å². The molecule has 0 bridgehead atoms. The first-order chi connectivity index (χ1) is 16.1. The molecule has 0 N–H and O–H groups in total. The zero-order valence-corrected chi connectivity index (χ0v) is 19.7. The molecule has 0 spiro atoms. The lowest BCUT2D eigenvalue weighted by atomic mass is 9.96. The summed E-state index contributed by atoms with van der Waals surface area (Å²) in [5, 5.41) is 2.22. The van der Waals surface area contributed by atoms with Gasteiger partial charge >= 0.3 is 0 Å². The molecule has 0 unspecified atom stereocenters. The molecule has 3 aromatic rings. The highest BCUT2D eigenvalue weighted by molar-refractivity contribution is 7.10. The van der Waals surface area contributed by atoms with Crippen LogP contribution in [-0.4, -0.2) is 44.7 Å². The first kappa shape index (κ1) is 22.7. The van der Waals surface area contributed by atoms with Gasteiger partial charge in [-0.3, -0.25) is 4.79 Å². The van der Waals surface area contributed by atoms with Gasteiger partial charge in [0.1, 0.15) is 17.2 Å². The second-order valence-corrected chi connectivity index (χ2v) is 8.82. The topological polar surface area (TPSA) is 54.9 Å². The van der Waals surface area contributed by atoms with Crippen molar-refractivity contribution in [3.05, 3.63) is 64.6 Å². The smallest absolute Gasteiger partial charge is 0.277 e. The predicted octanol–water partition coefficient (Wildman–Crippen LogP) is 4.71. The number of methoxy groups -OCH3 is 2. The van der Waals surface area contributed by atoms with E-state index in [2.05, 4.69) is 40.1 Å². The number of terminal acetylenes is 1. The van der Waals surface area contributed by atoms with Gasteiger partial charge in [0.05, 0.1) is 19.9 Å². The molecule has 170 valence electrons. The summed E-state index contributed by atoms with van der Waals surface area (Å²) in [5.41, 5.74) is 2.27. The summed E-state index contributed by atoms with van der Waals surface area (Å²) >= 11 is 1.30. The Balaban J connectivity index is 1.64. The first-order valence-electron chi connectivity index (χ1n) is 10.9. The number of amides is 1. The van der Waals surface area contributed by atoms with Crippen molar-refractivity contribution in [2.75, 3.05) is 43.7 Å². The molecule has 1 fully saturated rings. The van der Waals surface area contributed by atoms with E-state index in [-0.39, 0.29) is 5.91 Å². The Hall–Kier alpha value is -3.50. The highest BCUT2D eigenvalue weighted by Gasteiger charge is 2.28. The Labute approximate surface area is 198 Å². The molecular weight excluding hydrogens is 434 g/mol. The van der Waals surface area contributed by atoms with Gasteiger partial charge in [-0.25, -0.2) is 4.98 Å². The van der Waals surface area contributed by atoms with Crippen molar-refractivity contribution in [1.29, 1.82) is 0 Å². The lowest BCUT2D eigenvalue weighted by Crippen LogP contribution is -2.43. The summed E-state index contributed by atoms with van der Waals surface area (Å²) in [6.45, 7) is 2.45. The SMILES string of the molecule is C#Cc1nc(C(=O)N(C[C@@H]2CCCN(c3ccccc3)C2)c2cc(OC)cc(OC)c2)cs1. The van der Waals surface area contributed by atoms with Crippen LogP contribution in [0.5, 0.6) is 11.5 Å². The van der Waals surface area contributed by atoms with Crippen molar-refractivity contribution in [2.45, 2.75) is 12.8 Å². The molecule has 4 rings (SSSR count). The van der Waals surface area contributed by atoms with E-state index in [1.165, 1.54) is 17.0 Å². The molecule has 7 heteroatoms. The highest BCUT2D eigenvalue weighted by atomic mass is 32.1. The molecular formula is C26H27N3O3S. The van der Waals surface area contributed by atoms with E-state index in [1.807, 2.05) is 18.2 Å². The average Bonchev–Trinajstić information content (AvgIpc) is 3.36. The van der Waals surface area contributed by atoms with Crippen LogP contribution in [0.4, 0.5) is 11.4 Å². The van der Waals surface area contributed by atoms with Gasteiger partial charge < -0.3 is 19.3 Å². The van der Waals surface area contributed by atoms with Crippen molar-refractivity contribution in [1.82, 2.24) is 4.98 Å². The Bertz CT molecular complexity index is 1120. The third-order valence-electron chi connectivity index (χ3n) is 5.82. The van der Waals surface area contributed by atoms with Gasteiger partial charge in [0.15, 0.2) is 5.01 Å². The summed E-state index contributed by atoms with van der Waals surface area (Å²) in [6.07, 6.45) is 7.59. The number of carbonyl (C=O) groups excluding carboxylic acids is 1. The number of ether oxygens (including phenoxy) is 2. The van der Waals surface area contributed by atoms with E-state index in [4.69, 9.17) is 15.9 Å². The molecule has 0 radical (unpaired) electrons. The molecule has 1 amide bonds. The zero-order valence-electron chi connectivity index (χ0n) is 18.9. The first-order valence-corrected chi connectivity index (χ1v) is 11.8. The van der Waals surface area contributed by atoms with E-state index >= 15 is 0 Å². The summed E-state index contributed by atoms with van der Waals surface area (Å²) in [6, 6.07) is 15.9. The van der Waals surface area contributed by atoms with Crippen LogP contribution in [0.1, 0.15) is 28.3 Å². The van der Waals surface area contributed by atoms with Crippen LogP contribution in [0.2, 0.25) is 0 Å². The van der Waals surface area contributed by atoms with Crippen LogP contribution in [0.25, 0.3) is 0 Å². The quantitative estimate of drug-likeness (QED) is 0.477. The number of piperidine rings is 1. The molecule has 0 saturated carbocycles. The molecule has 1 saturated heterocycles. The monoisotopic (exact) mass is 461 g/mol. The number of benzene rings is 2. The Kier molecular flexibility index (Phi) is 7.16. The van der Waals surface area contributed by atoms with Crippen LogP contribution in [0, 0.1) is 18.3 Å². The lowest BCUT2D eigenvalue weighted by Gasteiger charge is -2.37. The largest absolute Gasteiger partial charge is 0.497 e. The molecule has 6 nitrogen and oxygen atoms in total. The van der Waals surface area contributed by atoms with Crippen molar-refractivity contribution in [3.8, 4) is 23.8 Å². The van der Waals surface area contributed by atoms with Gasteiger partial charge in [-0.05, 0) is 36.8 Å². The number of anilines is 2. The van der Waals surface area contributed by atoms with Crippen LogP contribution in [-0.2, 0) is 0 Å². The number of hydrogen-bond acceptors (Lipinski definition) is 6. The Morgan fingerprint density at radius 2 is 1.94 bits per heavy atom. The van der Waals surface area contributed by atoms with Gasteiger partial charge in [0.2, 0.25) is 0 Å². The van der Waals surface area contributed by atoms with E-state index in [1.54, 1.807) is 30.6 Å². The summed E-state index contributed by atoms with van der Waals surface area (Å²) in [7, 11) is 3.20. The minimum atomic E-state index is -0.181. The minimum absolute atomic E-state index is 0.181. The second-order valence-electron chi connectivity index (χ2n) is 7.96. The Morgan fingerprint density at radius 3 is 2.58 bits per heavy atom. The van der Waals surface area contributed by atoms with Crippen LogP contribution < -0.4 is 19.3 Å². The molecule has 1 aliphatic heterocycles. The number of para-hydroxylation sites is 1. The van der Waals surface area contributed by atoms with Gasteiger partial charge in [0, 0.05) is 48.9 Å². The molecule has 1 aromatic heterocycles. The molecule has 2 aromatic carbocycles. The number of rotatable bonds is 7. The lowest BCUT2D eigenvalue weighted by molar-refractivity contribution is 0.0977. The van der Waals surface area contributed by atoms with Gasteiger partial charge in [-0.1, -0.05) is 18.2 Å².